The fourth-order valence-corrected chi connectivity index (χ4v) is 4.33. The summed E-state index contributed by atoms with van der Waals surface area (Å²) in [5.41, 5.74) is 3.26. The van der Waals surface area contributed by atoms with Gasteiger partial charge in [0.15, 0.2) is 0 Å². The predicted octanol–water partition coefficient (Wildman–Crippen LogP) is 4.24. The second kappa shape index (κ2) is 7.84. The number of fused-ring (bicyclic) bond motifs is 5. The van der Waals surface area contributed by atoms with Crippen LogP contribution in [0.4, 0.5) is 5.69 Å². The Kier molecular flexibility index (Phi) is 4.63. The van der Waals surface area contributed by atoms with E-state index in [9.17, 15) is 14.4 Å². The predicted molar refractivity (Wildman–Crippen MR) is 133 cm³/mol. The Morgan fingerprint density at radius 2 is 1.69 bits per heavy atom. The molecule has 4 aromatic heterocycles. The number of para-hydroxylation sites is 2. The quantitative estimate of drug-likeness (QED) is 0.336. The van der Waals surface area contributed by atoms with Crippen molar-refractivity contribution in [2.24, 2.45) is 0 Å². The molecule has 0 radical (unpaired) electrons. The Balaban J connectivity index is 1.44. The summed E-state index contributed by atoms with van der Waals surface area (Å²) in [5.74, 6) is -1.05. The van der Waals surface area contributed by atoms with Gasteiger partial charge in [-0.25, -0.2) is 9.78 Å². The molecule has 0 aliphatic carbocycles. The minimum atomic E-state index is -0.570. The van der Waals surface area contributed by atoms with E-state index < -0.39 is 11.9 Å². The minimum absolute atomic E-state index is 0.154. The average Bonchev–Trinajstić information content (AvgIpc) is 3.43. The van der Waals surface area contributed by atoms with Gasteiger partial charge in [0.1, 0.15) is 22.4 Å². The first kappa shape index (κ1) is 20.7. The lowest BCUT2D eigenvalue weighted by Crippen LogP contribution is -2.19. The smallest absolute Gasteiger partial charge is 0.356 e. The van der Waals surface area contributed by atoms with Crippen molar-refractivity contribution in [3.8, 4) is 0 Å². The van der Waals surface area contributed by atoms with Crippen molar-refractivity contribution < 1.29 is 14.3 Å². The van der Waals surface area contributed by atoms with E-state index in [1.165, 1.54) is 10.6 Å². The highest BCUT2D eigenvalue weighted by Crippen LogP contribution is 2.29. The number of hydrogen-bond donors (Lipinski definition) is 3. The van der Waals surface area contributed by atoms with E-state index in [4.69, 9.17) is 4.74 Å². The molecule has 0 aliphatic heterocycles. The highest BCUT2D eigenvalue weighted by Gasteiger charge is 2.21. The number of pyridine rings is 1. The topological polar surface area (TPSA) is 121 Å². The number of rotatable bonds is 4. The summed E-state index contributed by atoms with van der Waals surface area (Å²) in [6.07, 6.45) is 1.45. The van der Waals surface area contributed by atoms with Crippen molar-refractivity contribution >= 4 is 56.1 Å². The largest absolute Gasteiger partial charge is 0.461 e. The number of aromatic amines is 2. The minimum Gasteiger partial charge on any atom is -0.461 e. The monoisotopic (exact) mass is 465 g/mol. The lowest BCUT2D eigenvalue weighted by Gasteiger charge is -2.09. The number of nitrogens with zero attached hydrogens (tertiary/aromatic N) is 2. The van der Waals surface area contributed by atoms with Gasteiger partial charge in [-0.1, -0.05) is 36.4 Å². The third-order valence-corrected chi connectivity index (χ3v) is 5.95. The van der Waals surface area contributed by atoms with Gasteiger partial charge in [-0.05, 0) is 31.2 Å². The van der Waals surface area contributed by atoms with E-state index in [1.54, 1.807) is 31.2 Å². The Morgan fingerprint density at radius 3 is 2.46 bits per heavy atom. The molecule has 0 saturated carbocycles. The second-order valence-electron chi connectivity index (χ2n) is 8.05. The molecular weight excluding hydrogens is 446 g/mol. The molecule has 35 heavy (non-hydrogen) atoms. The molecular formula is C26H19N5O4. The normalized spacial score (nSPS) is 11.5. The number of ether oxygens (including phenoxy) is 1. The van der Waals surface area contributed by atoms with E-state index in [0.717, 1.165) is 10.9 Å². The van der Waals surface area contributed by atoms with E-state index in [0.29, 0.717) is 33.3 Å². The number of H-pyrrole nitrogens is 2. The third-order valence-electron chi connectivity index (χ3n) is 5.95. The number of benzene rings is 2. The number of carbonyl (C=O) groups is 2. The van der Waals surface area contributed by atoms with Gasteiger partial charge in [0, 0.05) is 28.0 Å². The zero-order valence-electron chi connectivity index (χ0n) is 18.6. The fraction of sp³-hybridized carbons (Fsp3) is 0.0769. The summed E-state index contributed by atoms with van der Waals surface area (Å²) in [4.78, 5) is 49.7. The van der Waals surface area contributed by atoms with Gasteiger partial charge >= 0.3 is 5.97 Å². The van der Waals surface area contributed by atoms with E-state index in [2.05, 4.69) is 20.3 Å². The summed E-state index contributed by atoms with van der Waals surface area (Å²) in [5, 5.41) is 4.34. The van der Waals surface area contributed by atoms with Crippen LogP contribution in [0.1, 0.15) is 27.8 Å². The van der Waals surface area contributed by atoms with Gasteiger partial charge in [0.2, 0.25) is 0 Å². The van der Waals surface area contributed by atoms with Crippen LogP contribution >= 0.6 is 0 Å². The zero-order valence-corrected chi connectivity index (χ0v) is 18.6. The van der Waals surface area contributed by atoms with Gasteiger partial charge in [-0.3, -0.25) is 14.0 Å². The molecule has 172 valence electrons. The van der Waals surface area contributed by atoms with Crippen LogP contribution in [0.25, 0.3) is 38.5 Å². The molecule has 0 atom stereocenters. The van der Waals surface area contributed by atoms with E-state index >= 15 is 0 Å². The molecule has 6 aromatic rings. The number of amides is 1. The number of carbonyl (C=O) groups excluding carboxylic acids is 2. The molecule has 0 bridgehead atoms. The molecule has 0 fully saturated rings. The highest BCUT2D eigenvalue weighted by molar-refractivity contribution is 6.14. The standard InChI is InChI=1S/C26H19N5O4/c1-2-35-26(34)23-21(16-8-4-6-10-18(16)28-23)30-24(32)14-11-12-19-29-20-15-7-3-5-9-17(15)27-22(20)25(33)31(19)13-14/h3-13,27-28H,2H2,1H3,(H,30,32). The van der Waals surface area contributed by atoms with E-state index in [-0.39, 0.29) is 23.4 Å². The second-order valence-corrected chi connectivity index (χ2v) is 8.05. The first-order chi connectivity index (χ1) is 17.0. The lowest BCUT2D eigenvalue weighted by molar-refractivity contribution is 0.0522. The average molecular weight is 465 g/mol. The van der Waals surface area contributed by atoms with E-state index in [1.807, 2.05) is 36.4 Å². The Bertz CT molecular complexity index is 1860. The molecule has 3 N–H and O–H groups in total. The van der Waals surface area contributed by atoms with Crippen LogP contribution in [-0.2, 0) is 4.74 Å². The van der Waals surface area contributed by atoms with Crippen molar-refractivity contribution in [1.29, 1.82) is 0 Å². The fourth-order valence-electron chi connectivity index (χ4n) is 4.33. The first-order valence-electron chi connectivity index (χ1n) is 11.1. The van der Waals surface area contributed by atoms with Crippen LogP contribution in [-0.4, -0.2) is 37.8 Å². The van der Waals surface area contributed by atoms with Crippen LogP contribution in [0, 0.1) is 0 Å². The highest BCUT2D eigenvalue weighted by atomic mass is 16.5. The van der Waals surface area contributed by atoms with Gasteiger partial charge in [-0.2, -0.15) is 0 Å². The van der Waals surface area contributed by atoms with Gasteiger partial charge < -0.3 is 20.0 Å². The van der Waals surface area contributed by atoms with Crippen molar-refractivity contribution in [2.45, 2.75) is 6.92 Å². The molecule has 0 spiro atoms. The maximum Gasteiger partial charge on any atom is 0.356 e. The number of anilines is 1. The summed E-state index contributed by atoms with van der Waals surface area (Å²) >= 11 is 0. The number of nitrogens with one attached hydrogen (secondary N) is 3. The van der Waals surface area contributed by atoms with Crippen LogP contribution < -0.4 is 10.9 Å². The molecule has 2 aromatic carbocycles. The molecule has 9 nitrogen and oxygen atoms in total. The van der Waals surface area contributed by atoms with Crippen LogP contribution in [0.5, 0.6) is 0 Å². The summed E-state index contributed by atoms with van der Waals surface area (Å²) < 4.78 is 6.49. The van der Waals surface area contributed by atoms with Crippen molar-refractivity contribution in [1.82, 2.24) is 19.4 Å². The van der Waals surface area contributed by atoms with Crippen molar-refractivity contribution in [2.75, 3.05) is 11.9 Å². The maximum absolute atomic E-state index is 13.2. The Morgan fingerprint density at radius 1 is 0.971 bits per heavy atom. The molecule has 9 heteroatoms. The Labute approximate surface area is 197 Å². The van der Waals surface area contributed by atoms with Crippen molar-refractivity contribution in [3.05, 3.63) is 88.5 Å². The Hall–Kier alpha value is -4.92. The maximum atomic E-state index is 13.2. The number of aromatic nitrogens is 4. The van der Waals surface area contributed by atoms with Gasteiger partial charge in [0.25, 0.3) is 11.5 Å². The van der Waals surface area contributed by atoms with Crippen LogP contribution in [0.15, 0.2) is 71.7 Å². The molecule has 0 saturated heterocycles. The van der Waals surface area contributed by atoms with Gasteiger partial charge in [0.05, 0.1) is 17.9 Å². The molecule has 0 unspecified atom stereocenters. The lowest BCUT2D eigenvalue weighted by atomic mass is 10.2. The number of esters is 1. The molecule has 6 rings (SSSR count). The number of hydrogen-bond acceptors (Lipinski definition) is 5. The SMILES string of the molecule is CCOC(=O)c1[nH]c2ccccc2c1NC(=O)c1ccc2nc3c([nH]c4ccccc43)c(=O)n2c1. The zero-order chi connectivity index (χ0) is 24.1. The van der Waals surface area contributed by atoms with Crippen LogP contribution in [0.3, 0.4) is 0 Å². The third kappa shape index (κ3) is 3.24. The van der Waals surface area contributed by atoms with Crippen molar-refractivity contribution in [3.63, 3.8) is 0 Å². The van der Waals surface area contributed by atoms with Crippen LogP contribution in [0.2, 0.25) is 0 Å². The summed E-state index contributed by atoms with van der Waals surface area (Å²) in [6, 6.07) is 18.0. The molecule has 1 amide bonds. The molecule has 0 aliphatic rings. The summed E-state index contributed by atoms with van der Waals surface area (Å²) in [7, 11) is 0. The molecule has 4 heterocycles. The first-order valence-corrected chi connectivity index (χ1v) is 11.1. The van der Waals surface area contributed by atoms with Gasteiger partial charge in [-0.15, -0.1) is 0 Å². The summed E-state index contributed by atoms with van der Waals surface area (Å²) in [6.45, 7) is 1.91.